The standard InChI is InChI=1S/C24H31N3O2/c1-4-19-12-8-9-13-22(19)27-17-20(15-23(27)28)24(29)25-16-21(26(2)3)14-18-10-6-5-7-11-18/h5-13,20-21H,4,14-17H2,1-3H3,(H,25,29). The summed E-state index contributed by atoms with van der Waals surface area (Å²) in [4.78, 5) is 29.3. The van der Waals surface area contributed by atoms with Crippen LogP contribution in [0.4, 0.5) is 5.69 Å². The van der Waals surface area contributed by atoms with Gasteiger partial charge in [-0.15, -0.1) is 0 Å². The van der Waals surface area contributed by atoms with E-state index in [0.29, 0.717) is 13.1 Å². The number of carbonyl (C=O) groups is 2. The number of hydrogen-bond acceptors (Lipinski definition) is 3. The van der Waals surface area contributed by atoms with Gasteiger partial charge in [-0.3, -0.25) is 9.59 Å². The van der Waals surface area contributed by atoms with E-state index in [-0.39, 0.29) is 30.2 Å². The second kappa shape index (κ2) is 9.70. The molecule has 2 aromatic rings. The fourth-order valence-corrected chi connectivity index (χ4v) is 3.88. The largest absolute Gasteiger partial charge is 0.354 e. The minimum absolute atomic E-state index is 0.0273. The molecule has 5 nitrogen and oxygen atoms in total. The Morgan fingerprint density at radius 2 is 1.83 bits per heavy atom. The van der Waals surface area contributed by atoms with Crippen molar-refractivity contribution in [2.75, 3.05) is 32.1 Å². The van der Waals surface area contributed by atoms with Crippen LogP contribution in [0.5, 0.6) is 0 Å². The number of hydrogen-bond donors (Lipinski definition) is 1. The Hall–Kier alpha value is -2.66. The lowest BCUT2D eigenvalue weighted by Crippen LogP contribution is -2.43. The molecular formula is C24H31N3O2. The quantitative estimate of drug-likeness (QED) is 0.750. The highest BCUT2D eigenvalue weighted by atomic mass is 16.2. The average Bonchev–Trinajstić information content (AvgIpc) is 3.13. The van der Waals surface area contributed by atoms with E-state index in [2.05, 4.69) is 29.3 Å². The highest BCUT2D eigenvalue weighted by Crippen LogP contribution is 2.28. The molecule has 1 N–H and O–H groups in total. The van der Waals surface area contributed by atoms with Crippen LogP contribution in [0.25, 0.3) is 0 Å². The molecule has 154 valence electrons. The Kier molecular flexibility index (Phi) is 7.04. The van der Waals surface area contributed by atoms with Crippen molar-refractivity contribution in [2.45, 2.75) is 32.2 Å². The number of nitrogens with one attached hydrogen (secondary N) is 1. The van der Waals surface area contributed by atoms with Gasteiger partial charge in [0, 0.05) is 31.2 Å². The number of anilines is 1. The zero-order valence-corrected chi connectivity index (χ0v) is 17.6. The summed E-state index contributed by atoms with van der Waals surface area (Å²) in [6.45, 7) is 3.10. The molecule has 3 rings (SSSR count). The van der Waals surface area contributed by atoms with Gasteiger partial charge in [-0.25, -0.2) is 0 Å². The number of rotatable bonds is 8. The predicted molar refractivity (Wildman–Crippen MR) is 117 cm³/mol. The van der Waals surface area contributed by atoms with Crippen LogP contribution in [0, 0.1) is 5.92 Å². The molecule has 5 heteroatoms. The van der Waals surface area contributed by atoms with Gasteiger partial charge in [0.2, 0.25) is 11.8 Å². The van der Waals surface area contributed by atoms with Crippen LogP contribution < -0.4 is 10.2 Å². The summed E-state index contributed by atoms with van der Waals surface area (Å²) in [6, 6.07) is 18.4. The normalized spacial score (nSPS) is 17.6. The molecule has 0 aromatic heterocycles. The summed E-state index contributed by atoms with van der Waals surface area (Å²) in [5, 5.41) is 3.09. The Bertz CT molecular complexity index is 835. The van der Waals surface area contributed by atoms with E-state index in [4.69, 9.17) is 0 Å². The number of carbonyl (C=O) groups excluding carboxylic acids is 2. The Labute approximate surface area is 173 Å². The van der Waals surface area contributed by atoms with Gasteiger partial charge >= 0.3 is 0 Å². The van der Waals surface area contributed by atoms with Crippen molar-refractivity contribution in [3.8, 4) is 0 Å². The van der Waals surface area contributed by atoms with Crippen LogP contribution in [-0.2, 0) is 22.4 Å². The fourth-order valence-electron chi connectivity index (χ4n) is 3.88. The molecule has 29 heavy (non-hydrogen) atoms. The van der Waals surface area contributed by atoms with Gasteiger partial charge < -0.3 is 15.1 Å². The number of para-hydroxylation sites is 1. The van der Waals surface area contributed by atoms with Crippen LogP contribution in [0.2, 0.25) is 0 Å². The molecule has 0 spiro atoms. The maximum Gasteiger partial charge on any atom is 0.227 e. The van der Waals surface area contributed by atoms with Crippen LogP contribution >= 0.6 is 0 Å². The molecule has 2 aromatic carbocycles. The smallest absolute Gasteiger partial charge is 0.227 e. The van der Waals surface area contributed by atoms with Crippen LogP contribution in [0.15, 0.2) is 54.6 Å². The molecule has 0 saturated carbocycles. The molecular weight excluding hydrogens is 362 g/mol. The first-order valence-electron chi connectivity index (χ1n) is 10.4. The fraction of sp³-hybridized carbons (Fsp3) is 0.417. The van der Waals surface area contributed by atoms with E-state index >= 15 is 0 Å². The Morgan fingerprint density at radius 3 is 2.52 bits per heavy atom. The van der Waals surface area contributed by atoms with Gasteiger partial charge in [-0.2, -0.15) is 0 Å². The minimum Gasteiger partial charge on any atom is -0.354 e. The monoisotopic (exact) mass is 393 g/mol. The van der Waals surface area contributed by atoms with Crippen molar-refractivity contribution < 1.29 is 9.59 Å². The summed E-state index contributed by atoms with van der Waals surface area (Å²) < 4.78 is 0. The van der Waals surface area contributed by atoms with Gasteiger partial charge in [0.15, 0.2) is 0 Å². The Morgan fingerprint density at radius 1 is 1.14 bits per heavy atom. The third-order valence-electron chi connectivity index (χ3n) is 5.72. The maximum absolute atomic E-state index is 12.8. The van der Waals surface area contributed by atoms with Crippen LogP contribution in [0.3, 0.4) is 0 Å². The molecule has 0 bridgehead atoms. The van der Waals surface area contributed by atoms with Crippen molar-refractivity contribution in [2.24, 2.45) is 5.92 Å². The van der Waals surface area contributed by atoms with Crippen molar-refractivity contribution in [3.63, 3.8) is 0 Å². The van der Waals surface area contributed by atoms with E-state index < -0.39 is 0 Å². The molecule has 1 heterocycles. The zero-order valence-electron chi connectivity index (χ0n) is 17.6. The lowest BCUT2D eigenvalue weighted by Gasteiger charge is -2.25. The van der Waals surface area contributed by atoms with E-state index in [9.17, 15) is 9.59 Å². The number of nitrogens with zero attached hydrogens (tertiary/aromatic N) is 2. The molecule has 2 unspecified atom stereocenters. The van der Waals surface area contributed by atoms with Crippen LogP contribution in [0.1, 0.15) is 24.5 Å². The van der Waals surface area contributed by atoms with Gasteiger partial charge in [0.05, 0.1) is 5.92 Å². The number of aryl methyl sites for hydroxylation is 1. The molecule has 2 atom stereocenters. The molecule has 1 aliphatic rings. The van der Waals surface area contributed by atoms with Gasteiger partial charge in [-0.05, 0) is 44.1 Å². The minimum atomic E-state index is -0.299. The van der Waals surface area contributed by atoms with E-state index in [0.717, 1.165) is 24.1 Å². The van der Waals surface area contributed by atoms with Crippen molar-refractivity contribution >= 4 is 17.5 Å². The molecule has 1 saturated heterocycles. The van der Waals surface area contributed by atoms with E-state index in [1.165, 1.54) is 5.56 Å². The van der Waals surface area contributed by atoms with Gasteiger partial charge in [-0.1, -0.05) is 55.5 Å². The molecule has 1 fully saturated rings. The summed E-state index contributed by atoms with van der Waals surface area (Å²) >= 11 is 0. The summed E-state index contributed by atoms with van der Waals surface area (Å²) in [5.74, 6) is -0.304. The molecule has 0 aliphatic carbocycles. The van der Waals surface area contributed by atoms with Crippen molar-refractivity contribution in [1.29, 1.82) is 0 Å². The van der Waals surface area contributed by atoms with Crippen LogP contribution in [-0.4, -0.2) is 49.9 Å². The molecule has 1 aliphatic heterocycles. The SMILES string of the molecule is CCc1ccccc1N1CC(C(=O)NCC(Cc2ccccc2)N(C)C)CC1=O. The lowest BCUT2D eigenvalue weighted by atomic mass is 10.0. The number of likely N-dealkylation sites (N-methyl/N-ethyl adjacent to an activating group) is 1. The summed E-state index contributed by atoms with van der Waals surface area (Å²) in [5.41, 5.74) is 3.32. The topological polar surface area (TPSA) is 52.7 Å². The first-order valence-corrected chi connectivity index (χ1v) is 10.4. The average molecular weight is 394 g/mol. The number of amides is 2. The zero-order chi connectivity index (χ0) is 20.8. The number of benzene rings is 2. The van der Waals surface area contributed by atoms with E-state index in [1.54, 1.807) is 4.90 Å². The third-order valence-corrected chi connectivity index (χ3v) is 5.72. The maximum atomic E-state index is 12.8. The summed E-state index contributed by atoms with van der Waals surface area (Å²) in [7, 11) is 4.06. The van der Waals surface area contributed by atoms with Crippen molar-refractivity contribution in [1.82, 2.24) is 10.2 Å². The Balaban J connectivity index is 1.60. The molecule has 2 amide bonds. The predicted octanol–water partition coefficient (Wildman–Crippen LogP) is 2.89. The van der Waals surface area contributed by atoms with Gasteiger partial charge in [0.25, 0.3) is 0 Å². The van der Waals surface area contributed by atoms with E-state index in [1.807, 2.05) is 56.6 Å². The second-order valence-corrected chi connectivity index (χ2v) is 7.94. The highest BCUT2D eigenvalue weighted by molar-refractivity contribution is 6.00. The third kappa shape index (κ3) is 5.24. The van der Waals surface area contributed by atoms with Gasteiger partial charge in [0.1, 0.15) is 0 Å². The highest BCUT2D eigenvalue weighted by Gasteiger charge is 2.35. The molecule has 0 radical (unpaired) electrons. The first kappa shape index (κ1) is 21.1. The van der Waals surface area contributed by atoms with Crippen molar-refractivity contribution in [3.05, 3.63) is 65.7 Å². The summed E-state index contributed by atoms with van der Waals surface area (Å²) in [6.07, 6.45) is 2.00. The second-order valence-electron chi connectivity index (χ2n) is 7.94. The lowest BCUT2D eigenvalue weighted by molar-refractivity contribution is -0.126. The first-order chi connectivity index (χ1) is 14.0.